The molecule has 0 N–H and O–H groups in total. The van der Waals surface area contributed by atoms with E-state index in [1.165, 1.54) is 24.8 Å². The molecule has 68 valence electrons. The molecule has 2 atom stereocenters. The van der Waals surface area contributed by atoms with Crippen molar-refractivity contribution < 1.29 is 4.57 Å². The molecule has 0 aromatic carbocycles. The van der Waals surface area contributed by atoms with Crippen molar-refractivity contribution in [1.29, 1.82) is 0 Å². The summed E-state index contributed by atoms with van der Waals surface area (Å²) in [6.07, 6.45) is 4.31. The molecule has 0 aromatic rings. The van der Waals surface area contributed by atoms with E-state index in [0.717, 1.165) is 11.8 Å². The van der Waals surface area contributed by atoms with Crippen LogP contribution < -0.4 is 0 Å². The third kappa shape index (κ3) is 1.25. The maximum absolute atomic E-state index is 8.06. The van der Waals surface area contributed by atoms with Gasteiger partial charge in [-0.05, 0) is 36.5 Å². The topological polar surface area (TPSA) is 17.1 Å². The molecule has 0 amide bonds. The average Bonchev–Trinajstić information content (AvgIpc) is 2.60. The van der Waals surface area contributed by atoms with Gasteiger partial charge in [-0.25, -0.2) is 0 Å². The van der Waals surface area contributed by atoms with Crippen molar-refractivity contribution in [3.05, 3.63) is 12.2 Å². The maximum Gasteiger partial charge on any atom is 0.138 e. The molecule has 2 aliphatic carbocycles. The van der Waals surface area contributed by atoms with Gasteiger partial charge in [0, 0.05) is 0 Å². The molecule has 0 spiro atoms. The van der Waals surface area contributed by atoms with Gasteiger partial charge in [-0.2, -0.15) is 0 Å². The van der Waals surface area contributed by atoms with E-state index in [1.54, 1.807) is 9.12 Å². The molecule has 2 unspecified atom stereocenters. The minimum Gasteiger partial charge on any atom is -0.279 e. The van der Waals surface area contributed by atoms with Gasteiger partial charge in [-0.15, -0.1) is 0 Å². The Bertz CT molecular complexity index is 198. The highest BCUT2D eigenvalue weighted by Gasteiger charge is 2.47. The predicted molar refractivity (Wildman–Crippen MR) is 52.8 cm³/mol. The lowest BCUT2D eigenvalue weighted by molar-refractivity contribution is 0.289. The highest BCUT2D eigenvalue weighted by molar-refractivity contribution is 7.00. The van der Waals surface area contributed by atoms with Crippen molar-refractivity contribution in [3.8, 4) is 0 Å². The fraction of sp³-hybridized carbons (Fsp3) is 0.800. The van der Waals surface area contributed by atoms with Gasteiger partial charge in [0.2, 0.25) is 0 Å². The van der Waals surface area contributed by atoms with Gasteiger partial charge in [0.25, 0.3) is 0 Å². The van der Waals surface area contributed by atoms with Crippen molar-refractivity contribution in [2.75, 3.05) is 0 Å². The van der Waals surface area contributed by atoms with Crippen molar-refractivity contribution in [2.45, 2.75) is 33.1 Å². The Morgan fingerprint density at radius 3 is 2.25 bits per heavy atom. The summed E-state index contributed by atoms with van der Waals surface area (Å²) >= 11 is 0. The molecule has 1 nitrogen and oxygen atoms in total. The SMILES string of the molecule is C=C1C2CCC(C2)C1(C)C.O=P. The first-order valence-corrected chi connectivity index (χ1v) is 4.93. The minimum atomic E-state index is 0.475. The largest absolute Gasteiger partial charge is 0.279 e. The first-order chi connectivity index (χ1) is 5.62. The molecule has 2 fully saturated rings. The molecule has 0 aliphatic heterocycles. The van der Waals surface area contributed by atoms with E-state index in [4.69, 9.17) is 4.57 Å². The second kappa shape index (κ2) is 3.30. The molecule has 0 aromatic heterocycles. The third-order valence-electron chi connectivity index (χ3n) is 3.77. The number of hydrogen-bond donors (Lipinski definition) is 0. The Morgan fingerprint density at radius 2 is 2.00 bits per heavy atom. The van der Waals surface area contributed by atoms with E-state index in [1.807, 2.05) is 0 Å². The molecule has 0 radical (unpaired) electrons. The van der Waals surface area contributed by atoms with Gasteiger partial charge in [0.05, 0.1) is 0 Å². The third-order valence-corrected chi connectivity index (χ3v) is 3.77. The lowest BCUT2D eigenvalue weighted by atomic mass is 9.73. The molecule has 2 aliphatic rings. The van der Waals surface area contributed by atoms with Crippen LogP contribution in [0.4, 0.5) is 0 Å². The zero-order chi connectivity index (χ0) is 9.35. The van der Waals surface area contributed by atoms with Crippen LogP contribution >= 0.6 is 9.12 Å². The van der Waals surface area contributed by atoms with E-state index < -0.39 is 0 Å². The fourth-order valence-corrected chi connectivity index (χ4v) is 2.74. The van der Waals surface area contributed by atoms with Gasteiger partial charge < -0.3 is 0 Å². The van der Waals surface area contributed by atoms with Crippen molar-refractivity contribution in [1.82, 2.24) is 0 Å². The number of rotatable bonds is 0. The van der Waals surface area contributed by atoms with Crippen LogP contribution in [0.5, 0.6) is 0 Å². The molecule has 2 bridgehead atoms. The van der Waals surface area contributed by atoms with Crippen LogP contribution in [0, 0.1) is 17.3 Å². The molecule has 12 heavy (non-hydrogen) atoms. The van der Waals surface area contributed by atoms with E-state index in [0.29, 0.717) is 5.41 Å². The molecule has 2 saturated carbocycles. The minimum absolute atomic E-state index is 0.475. The summed E-state index contributed by atoms with van der Waals surface area (Å²) in [4.78, 5) is 0. The smallest absolute Gasteiger partial charge is 0.138 e. The molecule has 0 heterocycles. The standard InChI is InChI=1S/C10H16.HOP/c1-7-8-4-5-9(6-8)10(7,2)3;1-2/h8-9H,1,4-6H2,2-3H3;2H. The quantitative estimate of drug-likeness (QED) is 0.416. The lowest BCUT2D eigenvalue weighted by Gasteiger charge is -2.31. The Hall–Kier alpha value is -0.160. The summed E-state index contributed by atoms with van der Waals surface area (Å²) in [7, 11) is 1.72. The molecule has 2 heteroatoms. The number of hydrogen-bond acceptors (Lipinski definition) is 1. The van der Waals surface area contributed by atoms with E-state index in [2.05, 4.69) is 20.4 Å². The lowest BCUT2D eigenvalue weighted by Crippen LogP contribution is -2.21. The summed E-state index contributed by atoms with van der Waals surface area (Å²) in [5, 5.41) is 0. The van der Waals surface area contributed by atoms with Crippen LogP contribution in [0.3, 0.4) is 0 Å². The summed E-state index contributed by atoms with van der Waals surface area (Å²) in [6.45, 7) is 8.91. The summed E-state index contributed by atoms with van der Waals surface area (Å²) < 4.78 is 8.06. The Kier molecular flexibility index (Phi) is 2.73. The maximum atomic E-state index is 8.06. The van der Waals surface area contributed by atoms with Crippen LogP contribution in [0.15, 0.2) is 12.2 Å². The molecule has 0 saturated heterocycles. The highest BCUT2D eigenvalue weighted by atomic mass is 31.0. The van der Waals surface area contributed by atoms with Crippen molar-refractivity contribution in [2.24, 2.45) is 17.3 Å². The first kappa shape index (κ1) is 9.92. The van der Waals surface area contributed by atoms with E-state index >= 15 is 0 Å². The van der Waals surface area contributed by atoms with Gasteiger partial charge >= 0.3 is 0 Å². The zero-order valence-corrected chi connectivity index (χ0v) is 8.89. The number of allylic oxidation sites excluding steroid dienone is 1. The van der Waals surface area contributed by atoms with E-state index in [-0.39, 0.29) is 0 Å². The van der Waals surface area contributed by atoms with Crippen LogP contribution in [0.2, 0.25) is 0 Å². The monoisotopic (exact) mass is 184 g/mol. The highest BCUT2D eigenvalue weighted by Crippen LogP contribution is 2.58. The Balaban J connectivity index is 0.000000336. The molecule has 2 rings (SSSR count). The van der Waals surface area contributed by atoms with Crippen LogP contribution in [0.1, 0.15) is 33.1 Å². The van der Waals surface area contributed by atoms with Crippen LogP contribution in [-0.4, -0.2) is 0 Å². The second-order valence-electron chi connectivity index (χ2n) is 4.45. The first-order valence-electron chi connectivity index (χ1n) is 4.52. The Morgan fingerprint density at radius 1 is 1.42 bits per heavy atom. The zero-order valence-electron chi connectivity index (χ0n) is 7.89. The van der Waals surface area contributed by atoms with Crippen LogP contribution in [-0.2, 0) is 4.57 Å². The summed E-state index contributed by atoms with van der Waals surface area (Å²) in [5.74, 6) is 1.85. The van der Waals surface area contributed by atoms with Gasteiger partial charge in [0.1, 0.15) is 9.12 Å². The fourth-order valence-electron chi connectivity index (χ4n) is 2.74. The van der Waals surface area contributed by atoms with Crippen LogP contribution in [0.25, 0.3) is 0 Å². The Labute approximate surface area is 76.9 Å². The normalized spacial score (nSPS) is 36.0. The summed E-state index contributed by atoms with van der Waals surface area (Å²) in [6, 6.07) is 0. The van der Waals surface area contributed by atoms with Gasteiger partial charge in [-0.1, -0.05) is 26.0 Å². The summed E-state index contributed by atoms with van der Waals surface area (Å²) in [5.41, 5.74) is 2.01. The predicted octanol–water partition coefficient (Wildman–Crippen LogP) is 3.47. The van der Waals surface area contributed by atoms with Crippen molar-refractivity contribution in [3.63, 3.8) is 0 Å². The second-order valence-corrected chi connectivity index (χ2v) is 4.45. The molecular weight excluding hydrogens is 167 g/mol. The molecular formula is C10H17OP. The van der Waals surface area contributed by atoms with Gasteiger partial charge in [0.15, 0.2) is 0 Å². The van der Waals surface area contributed by atoms with Crippen molar-refractivity contribution >= 4 is 9.12 Å². The van der Waals surface area contributed by atoms with Gasteiger partial charge in [-0.3, -0.25) is 4.57 Å². The number of fused-ring (bicyclic) bond motifs is 2. The average molecular weight is 184 g/mol. The van der Waals surface area contributed by atoms with E-state index in [9.17, 15) is 0 Å².